The molecule has 0 aliphatic heterocycles. The lowest BCUT2D eigenvalue weighted by Crippen LogP contribution is -2.35. The van der Waals surface area contributed by atoms with Gasteiger partial charge in [0.15, 0.2) is 6.61 Å². The molecule has 0 fully saturated rings. The molecule has 2 aromatic carbocycles. The van der Waals surface area contributed by atoms with Gasteiger partial charge < -0.3 is 19.8 Å². The van der Waals surface area contributed by atoms with E-state index in [1.807, 2.05) is 12.1 Å². The molecule has 0 saturated heterocycles. The van der Waals surface area contributed by atoms with Gasteiger partial charge in [0.25, 0.3) is 5.91 Å². The van der Waals surface area contributed by atoms with Crippen molar-refractivity contribution in [3.8, 4) is 0 Å². The van der Waals surface area contributed by atoms with E-state index in [0.717, 1.165) is 5.39 Å². The van der Waals surface area contributed by atoms with Gasteiger partial charge >= 0.3 is 5.97 Å². The maximum atomic E-state index is 12.8. The summed E-state index contributed by atoms with van der Waals surface area (Å²) in [5, 5.41) is 5.61. The first-order valence-electron chi connectivity index (χ1n) is 8.41. The molecular formula is C20H17FN2O5. The predicted octanol–water partition coefficient (Wildman–Crippen LogP) is 2.79. The number of esters is 1. The van der Waals surface area contributed by atoms with Crippen LogP contribution in [0.1, 0.15) is 16.1 Å². The van der Waals surface area contributed by atoms with Crippen molar-refractivity contribution in [2.75, 3.05) is 18.5 Å². The predicted molar refractivity (Wildman–Crippen MR) is 99.3 cm³/mol. The molecule has 0 saturated carbocycles. The van der Waals surface area contributed by atoms with Crippen molar-refractivity contribution in [1.82, 2.24) is 5.32 Å². The molecule has 0 spiro atoms. The first kappa shape index (κ1) is 19.1. The van der Waals surface area contributed by atoms with E-state index in [1.165, 1.54) is 24.3 Å². The number of benzene rings is 2. The van der Waals surface area contributed by atoms with Gasteiger partial charge in [0.1, 0.15) is 11.4 Å². The minimum absolute atomic E-state index is 0.0306. The molecule has 0 bridgehead atoms. The van der Waals surface area contributed by atoms with Crippen LogP contribution in [0.25, 0.3) is 11.0 Å². The second kappa shape index (κ2) is 8.34. The second-order valence-electron chi connectivity index (χ2n) is 5.96. The number of para-hydroxylation sites is 1. The third kappa shape index (κ3) is 4.53. The van der Waals surface area contributed by atoms with E-state index >= 15 is 0 Å². The number of fused-ring (bicyclic) bond motifs is 1. The Hall–Kier alpha value is -3.68. The van der Waals surface area contributed by atoms with E-state index < -0.39 is 30.2 Å². The molecule has 28 heavy (non-hydrogen) atoms. The van der Waals surface area contributed by atoms with Gasteiger partial charge in [0.2, 0.25) is 11.7 Å². The van der Waals surface area contributed by atoms with Gasteiger partial charge in [-0.3, -0.25) is 9.59 Å². The summed E-state index contributed by atoms with van der Waals surface area (Å²) in [6.45, 7) is 0.846. The molecule has 0 unspecified atom stereocenters. The summed E-state index contributed by atoms with van der Waals surface area (Å²) in [5.74, 6) is -2.30. The summed E-state index contributed by atoms with van der Waals surface area (Å²) in [5.41, 5.74) is 1.57. The first-order valence-corrected chi connectivity index (χ1v) is 8.41. The quantitative estimate of drug-likeness (QED) is 0.637. The van der Waals surface area contributed by atoms with Crippen molar-refractivity contribution in [3.63, 3.8) is 0 Å². The number of furan rings is 1. The fourth-order valence-corrected chi connectivity index (χ4v) is 2.53. The molecular weight excluding hydrogens is 367 g/mol. The zero-order valence-electron chi connectivity index (χ0n) is 15.0. The molecule has 144 valence electrons. The Morgan fingerprint density at radius 2 is 1.75 bits per heavy atom. The van der Waals surface area contributed by atoms with Crippen LogP contribution in [0, 0.1) is 12.7 Å². The highest BCUT2D eigenvalue weighted by molar-refractivity contribution is 5.97. The van der Waals surface area contributed by atoms with Crippen LogP contribution in [0.4, 0.5) is 10.1 Å². The maximum absolute atomic E-state index is 12.8. The lowest BCUT2D eigenvalue weighted by atomic mass is 10.1. The number of ether oxygens (including phenoxy) is 1. The fraction of sp³-hybridized carbons (Fsp3) is 0.150. The summed E-state index contributed by atoms with van der Waals surface area (Å²) in [6, 6.07) is 12.3. The molecule has 1 aromatic heterocycles. The number of amides is 2. The van der Waals surface area contributed by atoms with Gasteiger partial charge in [-0.1, -0.05) is 18.2 Å². The molecule has 3 rings (SSSR count). The van der Waals surface area contributed by atoms with E-state index in [-0.39, 0.29) is 12.3 Å². The molecule has 3 aromatic rings. The topological polar surface area (TPSA) is 97.6 Å². The lowest BCUT2D eigenvalue weighted by Gasteiger charge is -2.07. The lowest BCUT2D eigenvalue weighted by molar-refractivity contribution is -0.126. The summed E-state index contributed by atoms with van der Waals surface area (Å²) < 4.78 is 23.2. The smallest absolute Gasteiger partial charge is 0.375 e. The van der Waals surface area contributed by atoms with Crippen LogP contribution in [0.5, 0.6) is 0 Å². The maximum Gasteiger partial charge on any atom is 0.375 e. The molecule has 8 heteroatoms. The molecule has 2 amide bonds. The van der Waals surface area contributed by atoms with E-state index in [9.17, 15) is 18.8 Å². The number of carbonyl (C=O) groups excluding carboxylic acids is 3. The van der Waals surface area contributed by atoms with Crippen LogP contribution in [0.2, 0.25) is 0 Å². The van der Waals surface area contributed by atoms with Crippen LogP contribution in [-0.2, 0) is 14.3 Å². The fourth-order valence-electron chi connectivity index (χ4n) is 2.53. The van der Waals surface area contributed by atoms with Crippen LogP contribution in [0.15, 0.2) is 52.9 Å². The number of nitrogens with one attached hydrogen (secondary N) is 2. The van der Waals surface area contributed by atoms with Crippen molar-refractivity contribution in [1.29, 1.82) is 0 Å². The van der Waals surface area contributed by atoms with Crippen LogP contribution < -0.4 is 10.6 Å². The number of rotatable bonds is 6. The molecule has 7 nitrogen and oxygen atoms in total. The zero-order chi connectivity index (χ0) is 20.1. The molecule has 0 aliphatic carbocycles. The Bertz CT molecular complexity index is 1030. The minimum atomic E-state index is -0.764. The highest BCUT2D eigenvalue weighted by atomic mass is 19.1. The summed E-state index contributed by atoms with van der Waals surface area (Å²) in [7, 11) is 0. The van der Waals surface area contributed by atoms with Crippen molar-refractivity contribution >= 4 is 34.4 Å². The number of aryl methyl sites for hydroxylation is 1. The normalized spacial score (nSPS) is 10.5. The first-order chi connectivity index (χ1) is 13.4. The number of anilines is 1. The van der Waals surface area contributed by atoms with Gasteiger partial charge in [-0.05, 0) is 37.3 Å². The largest absolute Gasteiger partial charge is 0.450 e. The van der Waals surface area contributed by atoms with Crippen molar-refractivity contribution in [2.45, 2.75) is 6.92 Å². The van der Waals surface area contributed by atoms with Gasteiger partial charge in [-0.15, -0.1) is 0 Å². The molecule has 0 atom stereocenters. The number of halogens is 1. The van der Waals surface area contributed by atoms with Crippen molar-refractivity contribution < 1.29 is 27.9 Å². The average molecular weight is 384 g/mol. The van der Waals surface area contributed by atoms with Gasteiger partial charge in [-0.25, -0.2) is 9.18 Å². The number of carbonyl (C=O) groups is 3. The number of hydrogen-bond donors (Lipinski definition) is 2. The highest BCUT2D eigenvalue weighted by Crippen LogP contribution is 2.25. The second-order valence-corrected chi connectivity index (χ2v) is 5.96. The van der Waals surface area contributed by atoms with E-state index in [0.29, 0.717) is 16.8 Å². The highest BCUT2D eigenvalue weighted by Gasteiger charge is 2.19. The van der Waals surface area contributed by atoms with Gasteiger partial charge in [0, 0.05) is 16.6 Å². The Balaban J connectivity index is 1.47. The molecule has 0 aliphatic rings. The molecule has 2 N–H and O–H groups in total. The summed E-state index contributed by atoms with van der Waals surface area (Å²) >= 11 is 0. The average Bonchev–Trinajstić information content (AvgIpc) is 3.03. The third-order valence-corrected chi connectivity index (χ3v) is 3.94. The summed E-state index contributed by atoms with van der Waals surface area (Å²) in [6.07, 6.45) is 0. The monoisotopic (exact) mass is 384 g/mol. The third-order valence-electron chi connectivity index (χ3n) is 3.94. The van der Waals surface area contributed by atoms with Crippen molar-refractivity contribution in [3.05, 3.63) is 65.7 Å². The Labute approximate surface area is 159 Å². The minimum Gasteiger partial charge on any atom is -0.450 e. The number of hydrogen-bond acceptors (Lipinski definition) is 5. The molecule has 0 radical (unpaired) electrons. The van der Waals surface area contributed by atoms with E-state index in [1.54, 1.807) is 19.1 Å². The van der Waals surface area contributed by atoms with Gasteiger partial charge in [0.05, 0.1) is 6.54 Å². The SMILES string of the molecule is Cc1c(C(=O)OCC(=O)NCC(=O)Nc2ccc(F)cc2)oc2ccccc12. The Morgan fingerprint density at radius 3 is 2.46 bits per heavy atom. The van der Waals surface area contributed by atoms with Crippen LogP contribution in [-0.4, -0.2) is 30.9 Å². The molecule has 1 heterocycles. The zero-order valence-corrected chi connectivity index (χ0v) is 15.0. The van der Waals surface area contributed by atoms with Crippen LogP contribution in [0.3, 0.4) is 0 Å². The van der Waals surface area contributed by atoms with Crippen molar-refractivity contribution in [2.24, 2.45) is 0 Å². The van der Waals surface area contributed by atoms with E-state index in [2.05, 4.69) is 10.6 Å². The summed E-state index contributed by atoms with van der Waals surface area (Å²) in [4.78, 5) is 35.7. The van der Waals surface area contributed by atoms with Gasteiger partial charge in [-0.2, -0.15) is 0 Å². The Kier molecular flexibility index (Phi) is 5.69. The Morgan fingerprint density at radius 1 is 1.04 bits per heavy atom. The van der Waals surface area contributed by atoms with Crippen LogP contribution >= 0.6 is 0 Å². The van der Waals surface area contributed by atoms with E-state index in [4.69, 9.17) is 9.15 Å². The standard InChI is InChI=1S/C20H17FN2O5/c1-12-15-4-2-3-5-16(15)28-19(12)20(26)27-11-18(25)22-10-17(24)23-14-8-6-13(21)7-9-14/h2-9H,10-11H2,1H3,(H,22,25)(H,23,24).